The SMILES string of the molecule is Cn1ncc(NC(=O)[C@@H]2CCCC[C@H]2C(=O)c2ccc(Br)cc2)c1S(C)(=O)=O. The molecule has 0 bridgehead atoms. The van der Waals surface area contributed by atoms with Crippen molar-refractivity contribution in [3.63, 3.8) is 0 Å². The molecule has 0 spiro atoms. The molecule has 1 aliphatic carbocycles. The molecule has 1 aromatic carbocycles. The third kappa shape index (κ3) is 4.35. The zero-order valence-corrected chi connectivity index (χ0v) is 18.1. The van der Waals surface area contributed by atoms with Crippen molar-refractivity contribution < 1.29 is 18.0 Å². The molecule has 0 aliphatic heterocycles. The van der Waals surface area contributed by atoms with Crippen molar-refractivity contribution in [3.05, 3.63) is 40.5 Å². The Morgan fingerprint density at radius 3 is 2.36 bits per heavy atom. The van der Waals surface area contributed by atoms with Crippen LogP contribution in [0, 0.1) is 11.8 Å². The maximum Gasteiger partial charge on any atom is 0.228 e. The monoisotopic (exact) mass is 467 g/mol. The van der Waals surface area contributed by atoms with E-state index in [4.69, 9.17) is 0 Å². The van der Waals surface area contributed by atoms with Crippen LogP contribution in [0.5, 0.6) is 0 Å². The zero-order chi connectivity index (χ0) is 20.5. The Balaban J connectivity index is 1.84. The van der Waals surface area contributed by atoms with E-state index in [2.05, 4.69) is 26.3 Å². The summed E-state index contributed by atoms with van der Waals surface area (Å²) in [5, 5.41) is 6.59. The van der Waals surface area contributed by atoms with Gasteiger partial charge in [-0.15, -0.1) is 0 Å². The van der Waals surface area contributed by atoms with Crippen LogP contribution in [0.4, 0.5) is 5.69 Å². The molecule has 1 amide bonds. The summed E-state index contributed by atoms with van der Waals surface area (Å²) in [6.45, 7) is 0. The topological polar surface area (TPSA) is 98.1 Å². The second-order valence-corrected chi connectivity index (χ2v) is 9.96. The van der Waals surface area contributed by atoms with Gasteiger partial charge in [-0.25, -0.2) is 8.42 Å². The molecule has 9 heteroatoms. The van der Waals surface area contributed by atoms with Gasteiger partial charge in [0.1, 0.15) is 0 Å². The Morgan fingerprint density at radius 2 is 1.75 bits per heavy atom. The van der Waals surface area contributed by atoms with Crippen molar-refractivity contribution in [1.29, 1.82) is 0 Å². The number of sulfone groups is 1. The molecule has 2 aromatic rings. The van der Waals surface area contributed by atoms with Crippen molar-refractivity contribution in [2.24, 2.45) is 18.9 Å². The first-order chi connectivity index (χ1) is 13.2. The van der Waals surface area contributed by atoms with Crippen LogP contribution in [0.3, 0.4) is 0 Å². The van der Waals surface area contributed by atoms with Gasteiger partial charge >= 0.3 is 0 Å². The minimum atomic E-state index is -3.56. The number of amides is 1. The fourth-order valence-corrected chi connectivity index (χ4v) is 5.06. The van der Waals surface area contributed by atoms with E-state index in [1.807, 2.05) is 0 Å². The van der Waals surface area contributed by atoms with Crippen molar-refractivity contribution in [1.82, 2.24) is 9.78 Å². The molecule has 2 atom stereocenters. The number of benzene rings is 1. The summed E-state index contributed by atoms with van der Waals surface area (Å²) in [4.78, 5) is 26.0. The van der Waals surface area contributed by atoms with Gasteiger partial charge in [0, 0.05) is 35.2 Å². The highest BCUT2D eigenvalue weighted by Gasteiger charge is 2.36. The molecular weight excluding hydrogens is 446 g/mol. The van der Waals surface area contributed by atoms with Crippen molar-refractivity contribution in [2.45, 2.75) is 30.7 Å². The second kappa shape index (κ2) is 8.16. The summed E-state index contributed by atoms with van der Waals surface area (Å²) in [6.07, 6.45) is 5.36. The number of hydrogen-bond acceptors (Lipinski definition) is 5. The molecule has 1 saturated carbocycles. The maximum absolute atomic E-state index is 13.0. The minimum absolute atomic E-state index is 0.0487. The molecule has 0 saturated heterocycles. The molecule has 1 aromatic heterocycles. The lowest BCUT2D eigenvalue weighted by molar-refractivity contribution is -0.122. The van der Waals surface area contributed by atoms with Gasteiger partial charge in [0.2, 0.25) is 5.91 Å². The third-order valence-electron chi connectivity index (χ3n) is 5.06. The molecule has 1 N–H and O–H groups in total. The van der Waals surface area contributed by atoms with Crippen LogP contribution in [0.1, 0.15) is 36.0 Å². The van der Waals surface area contributed by atoms with Crippen LogP contribution in [-0.2, 0) is 21.7 Å². The number of nitrogens with one attached hydrogen (secondary N) is 1. The smallest absolute Gasteiger partial charge is 0.228 e. The van der Waals surface area contributed by atoms with Gasteiger partial charge in [-0.3, -0.25) is 14.3 Å². The molecular formula is C19H22BrN3O4S. The number of anilines is 1. The summed E-state index contributed by atoms with van der Waals surface area (Å²) < 4.78 is 26.1. The summed E-state index contributed by atoms with van der Waals surface area (Å²) >= 11 is 3.36. The molecule has 28 heavy (non-hydrogen) atoms. The lowest BCUT2D eigenvalue weighted by atomic mass is 9.75. The van der Waals surface area contributed by atoms with Gasteiger partial charge in [0.25, 0.3) is 0 Å². The van der Waals surface area contributed by atoms with Crippen LogP contribution in [0.25, 0.3) is 0 Å². The number of aromatic nitrogens is 2. The Hall–Kier alpha value is -2.00. The van der Waals surface area contributed by atoms with E-state index in [1.54, 1.807) is 24.3 Å². The van der Waals surface area contributed by atoms with E-state index in [9.17, 15) is 18.0 Å². The average molecular weight is 468 g/mol. The molecule has 3 rings (SSSR count). The molecule has 0 radical (unpaired) electrons. The summed E-state index contributed by atoms with van der Waals surface area (Å²) in [7, 11) is -2.05. The summed E-state index contributed by atoms with van der Waals surface area (Å²) in [6, 6.07) is 7.11. The molecule has 1 heterocycles. The highest BCUT2D eigenvalue weighted by Crippen LogP contribution is 2.34. The predicted molar refractivity (Wildman–Crippen MR) is 109 cm³/mol. The highest BCUT2D eigenvalue weighted by atomic mass is 79.9. The fourth-order valence-electron chi connectivity index (χ4n) is 3.76. The molecule has 150 valence electrons. The van der Waals surface area contributed by atoms with Crippen LogP contribution in [-0.4, -0.2) is 36.1 Å². The number of hydrogen-bond donors (Lipinski definition) is 1. The van der Waals surface area contributed by atoms with Crippen LogP contribution in [0.2, 0.25) is 0 Å². The third-order valence-corrected chi connectivity index (χ3v) is 6.78. The van der Waals surface area contributed by atoms with Gasteiger partial charge in [-0.1, -0.05) is 40.9 Å². The Morgan fingerprint density at radius 1 is 1.14 bits per heavy atom. The van der Waals surface area contributed by atoms with Gasteiger partial charge in [-0.2, -0.15) is 5.10 Å². The van der Waals surface area contributed by atoms with E-state index in [0.29, 0.717) is 18.4 Å². The Kier molecular flexibility index (Phi) is 6.04. The zero-order valence-electron chi connectivity index (χ0n) is 15.7. The average Bonchev–Trinajstić information content (AvgIpc) is 3.02. The summed E-state index contributed by atoms with van der Waals surface area (Å²) in [5.41, 5.74) is 0.724. The van der Waals surface area contributed by atoms with Crippen LogP contribution < -0.4 is 5.32 Å². The number of nitrogens with zero attached hydrogens (tertiary/aromatic N) is 2. The predicted octanol–water partition coefficient (Wildman–Crippen LogP) is 3.21. The van der Waals surface area contributed by atoms with Gasteiger partial charge in [-0.05, 0) is 25.0 Å². The normalized spacial score (nSPS) is 20.0. The number of ketones is 1. The first-order valence-electron chi connectivity index (χ1n) is 9.01. The Bertz CT molecular complexity index is 999. The number of carbonyl (C=O) groups excluding carboxylic acids is 2. The largest absolute Gasteiger partial charge is 0.322 e. The second-order valence-electron chi connectivity index (χ2n) is 7.12. The van der Waals surface area contributed by atoms with Crippen molar-refractivity contribution in [2.75, 3.05) is 11.6 Å². The lowest BCUT2D eigenvalue weighted by Crippen LogP contribution is -2.36. The fraction of sp³-hybridized carbons (Fsp3) is 0.421. The van der Waals surface area contributed by atoms with E-state index in [-0.39, 0.29) is 22.4 Å². The van der Waals surface area contributed by atoms with Gasteiger partial charge in [0.05, 0.1) is 11.9 Å². The summed E-state index contributed by atoms with van der Waals surface area (Å²) in [5.74, 6) is -1.32. The molecule has 1 fully saturated rings. The van der Waals surface area contributed by atoms with E-state index in [0.717, 1.165) is 23.6 Å². The van der Waals surface area contributed by atoms with Crippen LogP contribution >= 0.6 is 15.9 Å². The Labute approximate surface area is 172 Å². The van der Waals surface area contributed by atoms with E-state index in [1.165, 1.54) is 17.9 Å². The number of Topliss-reactive ketones (excluding diaryl/α,β-unsaturated/α-hetero) is 1. The van der Waals surface area contributed by atoms with Crippen LogP contribution in [0.15, 0.2) is 40.0 Å². The number of rotatable bonds is 5. The number of aryl methyl sites for hydroxylation is 1. The molecule has 1 aliphatic rings. The quantitative estimate of drug-likeness (QED) is 0.680. The minimum Gasteiger partial charge on any atom is -0.322 e. The van der Waals surface area contributed by atoms with E-state index < -0.39 is 21.7 Å². The number of halogens is 1. The number of carbonyl (C=O) groups is 2. The van der Waals surface area contributed by atoms with Gasteiger partial charge < -0.3 is 5.32 Å². The lowest BCUT2D eigenvalue weighted by Gasteiger charge is -2.29. The standard InChI is InChI=1S/C19H22BrN3O4S/c1-23-19(28(2,26)27)16(11-21-23)22-18(25)15-6-4-3-5-14(15)17(24)12-7-9-13(20)10-8-12/h7-11,14-15H,3-6H2,1-2H3,(H,22,25)/t14-,15-/m1/s1. The van der Waals surface area contributed by atoms with Crippen molar-refractivity contribution >= 4 is 43.1 Å². The molecule has 0 unspecified atom stereocenters. The first-order valence-corrected chi connectivity index (χ1v) is 11.7. The molecule has 7 nitrogen and oxygen atoms in total. The highest BCUT2D eigenvalue weighted by molar-refractivity contribution is 9.10. The van der Waals surface area contributed by atoms with E-state index >= 15 is 0 Å². The maximum atomic E-state index is 13.0. The van der Waals surface area contributed by atoms with Crippen molar-refractivity contribution in [3.8, 4) is 0 Å². The van der Waals surface area contributed by atoms with Gasteiger partial charge in [0.15, 0.2) is 20.6 Å². The first kappa shape index (κ1) is 20.7.